The highest BCUT2D eigenvalue weighted by Crippen LogP contribution is 2.31. The zero-order valence-electron chi connectivity index (χ0n) is 18.4. The lowest BCUT2D eigenvalue weighted by atomic mass is 9.95. The summed E-state index contributed by atoms with van der Waals surface area (Å²) in [5.74, 6) is 1.40. The molecule has 9 heteroatoms. The number of nitrogens with one attached hydrogen (secondary N) is 1. The third-order valence-corrected chi connectivity index (χ3v) is 7.23. The number of hydrogen-bond donors (Lipinski definition) is 2. The fourth-order valence-electron chi connectivity index (χ4n) is 4.37. The average Bonchev–Trinajstić information content (AvgIpc) is 3.07. The summed E-state index contributed by atoms with van der Waals surface area (Å²) in [5, 5.41) is 7.47. The van der Waals surface area contributed by atoms with Gasteiger partial charge in [0.15, 0.2) is 0 Å². The lowest BCUT2D eigenvalue weighted by molar-refractivity contribution is 0.292. The van der Waals surface area contributed by atoms with E-state index in [4.69, 9.17) is 20.9 Å². The summed E-state index contributed by atoms with van der Waals surface area (Å²) in [7, 11) is -1.48. The van der Waals surface area contributed by atoms with E-state index in [1.54, 1.807) is 28.6 Å². The van der Waals surface area contributed by atoms with Crippen molar-refractivity contribution in [2.24, 2.45) is 12.8 Å². The Bertz CT molecular complexity index is 1230. The highest BCUT2D eigenvalue weighted by molar-refractivity contribution is 7.92. The molecule has 0 unspecified atom stereocenters. The van der Waals surface area contributed by atoms with Gasteiger partial charge in [-0.1, -0.05) is 19.3 Å². The zero-order valence-corrected chi connectivity index (χ0v) is 19.2. The average molecular weight is 456 g/mol. The van der Waals surface area contributed by atoms with Crippen molar-refractivity contribution in [3.63, 3.8) is 0 Å². The van der Waals surface area contributed by atoms with E-state index in [0.29, 0.717) is 17.0 Å². The lowest BCUT2D eigenvalue weighted by Gasteiger charge is -2.34. The van der Waals surface area contributed by atoms with Crippen molar-refractivity contribution in [1.82, 2.24) is 9.55 Å². The molecular weight excluding hydrogens is 426 g/mol. The van der Waals surface area contributed by atoms with Crippen LogP contribution in [-0.4, -0.2) is 36.1 Å². The Morgan fingerprint density at radius 2 is 1.88 bits per heavy atom. The maximum Gasteiger partial charge on any atom is 0.232 e. The summed E-state index contributed by atoms with van der Waals surface area (Å²) in [4.78, 5) is 4.71. The molecule has 0 aliphatic heterocycles. The van der Waals surface area contributed by atoms with Gasteiger partial charge in [0.2, 0.25) is 10.0 Å². The number of sulfonamides is 1. The Kier molecular flexibility index (Phi) is 6.10. The van der Waals surface area contributed by atoms with Gasteiger partial charge in [-0.2, -0.15) is 0 Å². The monoisotopic (exact) mass is 455 g/mol. The highest BCUT2D eigenvalue weighted by Gasteiger charge is 2.28. The summed E-state index contributed by atoms with van der Waals surface area (Å²) in [6, 6.07) is 12.7. The van der Waals surface area contributed by atoms with Gasteiger partial charge in [-0.05, 0) is 55.3 Å². The number of benzene rings is 2. The number of anilines is 1. The normalized spacial score (nSPS) is 15.1. The second kappa shape index (κ2) is 8.82. The van der Waals surface area contributed by atoms with Crippen LogP contribution in [0.1, 0.15) is 43.5 Å². The van der Waals surface area contributed by atoms with E-state index < -0.39 is 10.0 Å². The van der Waals surface area contributed by atoms with E-state index in [1.165, 1.54) is 6.26 Å². The summed E-state index contributed by atoms with van der Waals surface area (Å²) in [5.41, 5.74) is 8.44. The Labute approximate surface area is 188 Å². The van der Waals surface area contributed by atoms with E-state index >= 15 is 0 Å². The Morgan fingerprint density at radius 3 is 2.50 bits per heavy atom. The molecule has 0 atom stereocenters. The van der Waals surface area contributed by atoms with E-state index in [0.717, 1.165) is 49.0 Å². The summed E-state index contributed by atoms with van der Waals surface area (Å²) >= 11 is 0. The first kappa shape index (κ1) is 22.1. The van der Waals surface area contributed by atoms with Crippen LogP contribution in [0, 0.1) is 5.41 Å². The second-order valence-electron chi connectivity index (χ2n) is 8.34. The molecule has 32 heavy (non-hydrogen) atoms. The third-order valence-electron chi connectivity index (χ3n) is 6.01. The molecular formula is C23H29N5O3S. The number of imidazole rings is 1. The molecule has 3 aromatic rings. The van der Waals surface area contributed by atoms with Gasteiger partial charge in [-0.25, -0.2) is 13.4 Å². The predicted octanol–water partition coefficient (Wildman–Crippen LogP) is 3.54. The molecule has 1 aromatic heterocycles. The fraction of sp³-hybridized carbons (Fsp3) is 0.391. The summed E-state index contributed by atoms with van der Waals surface area (Å²) in [6.45, 7) is 0.262. The SMILES string of the molecule is Cn1c(COc2ccc(C(=N)N)cc2)nc2cc(N(C3CCCCC3)S(C)(=O)=O)ccc21. The number of ether oxygens (including phenoxy) is 1. The van der Waals surface area contributed by atoms with Crippen LogP contribution in [0.3, 0.4) is 0 Å². The zero-order chi connectivity index (χ0) is 22.9. The topological polar surface area (TPSA) is 114 Å². The fourth-order valence-corrected chi connectivity index (χ4v) is 5.62. The number of rotatable bonds is 7. The van der Waals surface area contributed by atoms with E-state index in [2.05, 4.69) is 0 Å². The Hall–Kier alpha value is -3.07. The predicted molar refractivity (Wildman–Crippen MR) is 127 cm³/mol. The van der Waals surface area contributed by atoms with Crippen LogP contribution in [0.4, 0.5) is 5.69 Å². The van der Waals surface area contributed by atoms with Crippen LogP contribution in [0.25, 0.3) is 11.0 Å². The minimum absolute atomic E-state index is 0.000639. The van der Waals surface area contributed by atoms with Crippen molar-refractivity contribution in [2.75, 3.05) is 10.6 Å². The molecule has 4 rings (SSSR count). The molecule has 1 saturated carbocycles. The molecule has 0 amide bonds. The lowest BCUT2D eigenvalue weighted by Crippen LogP contribution is -2.40. The first-order valence-electron chi connectivity index (χ1n) is 10.8. The Morgan fingerprint density at radius 1 is 1.19 bits per heavy atom. The van der Waals surface area contributed by atoms with Gasteiger partial charge in [-0.3, -0.25) is 9.71 Å². The van der Waals surface area contributed by atoms with Crippen molar-refractivity contribution >= 4 is 32.6 Å². The van der Waals surface area contributed by atoms with Gasteiger partial charge in [0, 0.05) is 18.7 Å². The Balaban J connectivity index is 1.58. The van der Waals surface area contributed by atoms with E-state index in [9.17, 15) is 8.42 Å². The number of nitrogens with zero attached hydrogens (tertiary/aromatic N) is 3. The molecule has 1 aliphatic rings. The third kappa shape index (κ3) is 4.57. The van der Waals surface area contributed by atoms with Crippen molar-refractivity contribution in [3.05, 3.63) is 53.9 Å². The molecule has 0 bridgehead atoms. The van der Waals surface area contributed by atoms with Crippen molar-refractivity contribution in [1.29, 1.82) is 5.41 Å². The van der Waals surface area contributed by atoms with Gasteiger partial charge >= 0.3 is 0 Å². The number of aryl methyl sites for hydroxylation is 1. The van der Waals surface area contributed by atoms with E-state index in [-0.39, 0.29) is 18.5 Å². The van der Waals surface area contributed by atoms with Crippen LogP contribution in [0.15, 0.2) is 42.5 Å². The van der Waals surface area contributed by atoms with Crippen LogP contribution in [-0.2, 0) is 23.7 Å². The van der Waals surface area contributed by atoms with Crippen molar-refractivity contribution < 1.29 is 13.2 Å². The van der Waals surface area contributed by atoms with Gasteiger partial charge in [0.05, 0.1) is 23.0 Å². The number of nitrogen functional groups attached to an aromatic ring is 1. The molecule has 170 valence electrons. The molecule has 0 saturated heterocycles. The highest BCUT2D eigenvalue weighted by atomic mass is 32.2. The minimum Gasteiger partial charge on any atom is -0.486 e. The number of hydrogen-bond acceptors (Lipinski definition) is 5. The summed E-state index contributed by atoms with van der Waals surface area (Å²) in [6.07, 6.45) is 6.31. The number of amidine groups is 1. The van der Waals surface area contributed by atoms with Gasteiger partial charge in [0.1, 0.15) is 24.0 Å². The molecule has 8 nitrogen and oxygen atoms in total. The van der Waals surface area contributed by atoms with Crippen LogP contribution in [0.5, 0.6) is 5.75 Å². The maximum atomic E-state index is 12.6. The molecule has 1 aliphatic carbocycles. The molecule has 0 spiro atoms. The van der Waals surface area contributed by atoms with Crippen LogP contribution in [0.2, 0.25) is 0 Å². The largest absolute Gasteiger partial charge is 0.486 e. The van der Waals surface area contributed by atoms with E-state index in [1.807, 2.05) is 29.8 Å². The molecule has 1 fully saturated rings. The van der Waals surface area contributed by atoms with Crippen molar-refractivity contribution in [2.45, 2.75) is 44.8 Å². The number of aromatic nitrogens is 2. The number of nitrogens with two attached hydrogens (primary N) is 1. The molecule has 0 radical (unpaired) electrons. The maximum absolute atomic E-state index is 12.6. The molecule has 3 N–H and O–H groups in total. The van der Waals surface area contributed by atoms with Crippen LogP contribution >= 0.6 is 0 Å². The second-order valence-corrected chi connectivity index (χ2v) is 10.2. The van der Waals surface area contributed by atoms with Gasteiger partial charge in [-0.15, -0.1) is 0 Å². The number of fused-ring (bicyclic) bond motifs is 1. The standard InChI is InChI=1S/C23H29N5O3S/c1-27-21-13-10-18(28(32(2,29)30)17-6-4-3-5-7-17)14-20(21)26-22(27)15-31-19-11-8-16(9-12-19)23(24)25/h8-14,17H,3-7,15H2,1-2H3,(H3,24,25). The molecule has 2 aromatic carbocycles. The minimum atomic E-state index is -3.40. The first-order valence-corrected chi connectivity index (χ1v) is 12.6. The van der Waals surface area contributed by atoms with Crippen LogP contribution < -0.4 is 14.8 Å². The quantitative estimate of drug-likeness (QED) is 0.418. The smallest absolute Gasteiger partial charge is 0.232 e. The molecule has 1 heterocycles. The van der Waals surface area contributed by atoms with Crippen molar-refractivity contribution in [3.8, 4) is 5.75 Å². The van der Waals surface area contributed by atoms with Gasteiger partial charge < -0.3 is 15.0 Å². The van der Waals surface area contributed by atoms with Gasteiger partial charge in [0.25, 0.3) is 0 Å². The summed E-state index contributed by atoms with van der Waals surface area (Å²) < 4.78 is 34.6. The first-order chi connectivity index (χ1) is 15.2.